The lowest BCUT2D eigenvalue weighted by Crippen LogP contribution is -2.38. The first-order valence-corrected chi connectivity index (χ1v) is 11.3. The van der Waals surface area contributed by atoms with Crippen LogP contribution < -0.4 is 14.4 Å². The van der Waals surface area contributed by atoms with Crippen molar-refractivity contribution in [3.63, 3.8) is 0 Å². The third-order valence-electron chi connectivity index (χ3n) is 6.10. The van der Waals surface area contributed by atoms with Gasteiger partial charge in [-0.25, -0.2) is 4.90 Å². The number of rotatable bonds is 7. The Kier molecular flexibility index (Phi) is 6.49. The molecule has 2 heterocycles. The molecule has 2 amide bonds. The Morgan fingerprint density at radius 3 is 2.31 bits per heavy atom. The van der Waals surface area contributed by atoms with Crippen LogP contribution in [-0.2, 0) is 9.59 Å². The second-order valence-corrected chi connectivity index (χ2v) is 8.38. The van der Waals surface area contributed by atoms with Gasteiger partial charge in [0.1, 0.15) is 17.2 Å². The Hall–Kier alpha value is -3.28. The van der Waals surface area contributed by atoms with Crippen LogP contribution in [0.5, 0.6) is 11.5 Å². The standard InChI is InChI=1S/C26H30N2O4/c1-4-17-32-20-11-9-19(10-12-20)23-24(27-15-13-18(2)14-16-27)26(30)28(25(23)29)21-7-5-6-8-22(21)31-3/h5-12,18H,4,13-17H2,1-3H3. The summed E-state index contributed by atoms with van der Waals surface area (Å²) in [6.45, 7) is 6.44. The molecule has 2 aliphatic heterocycles. The van der Waals surface area contributed by atoms with E-state index in [-0.39, 0.29) is 11.8 Å². The number of para-hydroxylation sites is 2. The topological polar surface area (TPSA) is 59.1 Å². The molecule has 0 N–H and O–H groups in total. The first kappa shape index (κ1) is 21.9. The predicted octanol–water partition coefficient (Wildman–Crippen LogP) is 4.50. The molecule has 4 rings (SSSR count). The molecule has 32 heavy (non-hydrogen) atoms. The largest absolute Gasteiger partial charge is 0.495 e. The highest BCUT2D eigenvalue weighted by atomic mass is 16.5. The van der Waals surface area contributed by atoms with Gasteiger partial charge in [-0.15, -0.1) is 0 Å². The third kappa shape index (κ3) is 4.09. The maximum atomic E-state index is 13.7. The van der Waals surface area contributed by atoms with E-state index >= 15 is 0 Å². The molecule has 2 aromatic carbocycles. The van der Waals surface area contributed by atoms with Gasteiger partial charge >= 0.3 is 0 Å². The van der Waals surface area contributed by atoms with Gasteiger partial charge in [-0.3, -0.25) is 9.59 Å². The van der Waals surface area contributed by atoms with E-state index in [0.717, 1.165) is 43.7 Å². The number of methoxy groups -OCH3 is 1. The number of likely N-dealkylation sites (tertiary alicyclic amines) is 1. The smallest absolute Gasteiger partial charge is 0.282 e. The molecule has 1 fully saturated rings. The Morgan fingerprint density at radius 1 is 0.969 bits per heavy atom. The molecule has 0 saturated carbocycles. The van der Waals surface area contributed by atoms with Crippen molar-refractivity contribution >= 4 is 23.1 Å². The second kappa shape index (κ2) is 9.47. The first-order chi connectivity index (χ1) is 15.5. The van der Waals surface area contributed by atoms with Crippen molar-refractivity contribution in [3.8, 4) is 11.5 Å². The number of hydrogen-bond donors (Lipinski definition) is 0. The lowest BCUT2D eigenvalue weighted by molar-refractivity contribution is -0.120. The minimum atomic E-state index is -0.324. The number of anilines is 1. The van der Waals surface area contributed by atoms with E-state index in [1.165, 1.54) is 4.90 Å². The Bertz CT molecular complexity index is 1020. The fourth-order valence-corrected chi connectivity index (χ4v) is 4.27. The van der Waals surface area contributed by atoms with E-state index < -0.39 is 0 Å². The van der Waals surface area contributed by atoms with E-state index in [1.54, 1.807) is 25.3 Å². The van der Waals surface area contributed by atoms with Gasteiger partial charge in [0, 0.05) is 13.1 Å². The van der Waals surface area contributed by atoms with Gasteiger partial charge in [0.2, 0.25) is 0 Å². The molecule has 0 aliphatic carbocycles. The van der Waals surface area contributed by atoms with Crippen molar-refractivity contribution in [1.82, 2.24) is 4.90 Å². The summed E-state index contributed by atoms with van der Waals surface area (Å²) in [7, 11) is 1.54. The number of benzene rings is 2. The van der Waals surface area contributed by atoms with Crippen LogP contribution in [0.25, 0.3) is 5.57 Å². The molecule has 0 spiro atoms. The summed E-state index contributed by atoms with van der Waals surface area (Å²) in [5.74, 6) is 1.24. The van der Waals surface area contributed by atoms with Gasteiger partial charge in [-0.2, -0.15) is 0 Å². The molecule has 168 valence electrons. The van der Waals surface area contributed by atoms with E-state index in [2.05, 4.69) is 18.7 Å². The molecular formula is C26H30N2O4. The molecule has 0 aromatic heterocycles. The molecule has 1 saturated heterocycles. The van der Waals surface area contributed by atoms with E-state index in [1.807, 2.05) is 30.3 Å². The lowest BCUT2D eigenvalue weighted by atomic mass is 9.97. The van der Waals surface area contributed by atoms with Crippen molar-refractivity contribution in [2.75, 3.05) is 31.7 Å². The van der Waals surface area contributed by atoms with Crippen molar-refractivity contribution < 1.29 is 19.1 Å². The fourth-order valence-electron chi connectivity index (χ4n) is 4.27. The minimum absolute atomic E-state index is 0.296. The summed E-state index contributed by atoms with van der Waals surface area (Å²) in [4.78, 5) is 30.7. The van der Waals surface area contributed by atoms with Crippen LogP contribution in [-0.4, -0.2) is 43.5 Å². The van der Waals surface area contributed by atoms with E-state index in [0.29, 0.717) is 35.2 Å². The van der Waals surface area contributed by atoms with Crippen molar-refractivity contribution in [2.45, 2.75) is 33.1 Å². The molecule has 0 unspecified atom stereocenters. The summed E-state index contributed by atoms with van der Waals surface area (Å²) >= 11 is 0. The third-order valence-corrected chi connectivity index (χ3v) is 6.10. The molecule has 0 radical (unpaired) electrons. The van der Waals surface area contributed by atoms with E-state index in [9.17, 15) is 9.59 Å². The number of amides is 2. The number of ether oxygens (including phenoxy) is 2. The quantitative estimate of drug-likeness (QED) is 0.601. The second-order valence-electron chi connectivity index (χ2n) is 8.38. The van der Waals surface area contributed by atoms with Crippen LogP contribution in [0.4, 0.5) is 5.69 Å². The summed E-state index contributed by atoms with van der Waals surface area (Å²) in [6, 6.07) is 14.6. The number of nitrogens with zero attached hydrogens (tertiary/aromatic N) is 2. The first-order valence-electron chi connectivity index (χ1n) is 11.3. The van der Waals surface area contributed by atoms with Gasteiger partial charge in [0.15, 0.2) is 0 Å². The van der Waals surface area contributed by atoms with Gasteiger partial charge in [-0.05, 0) is 55.0 Å². The predicted molar refractivity (Wildman–Crippen MR) is 125 cm³/mol. The van der Waals surface area contributed by atoms with Crippen molar-refractivity contribution in [3.05, 3.63) is 59.8 Å². The SMILES string of the molecule is CCCOc1ccc(C2=C(N3CCC(C)CC3)C(=O)N(c3ccccc3OC)C2=O)cc1. The lowest BCUT2D eigenvalue weighted by Gasteiger charge is -2.32. The molecule has 6 nitrogen and oxygen atoms in total. The monoisotopic (exact) mass is 434 g/mol. The molecule has 6 heteroatoms. The minimum Gasteiger partial charge on any atom is -0.495 e. The number of carbonyl (C=O) groups excluding carboxylic acids is 2. The average molecular weight is 435 g/mol. The number of piperidine rings is 1. The average Bonchev–Trinajstić information content (AvgIpc) is 3.08. The molecule has 2 aromatic rings. The maximum Gasteiger partial charge on any atom is 0.282 e. The highest BCUT2D eigenvalue weighted by Gasteiger charge is 2.43. The number of carbonyl (C=O) groups is 2. The van der Waals surface area contributed by atoms with Crippen molar-refractivity contribution in [2.24, 2.45) is 5.92 Å². The van der Waals surface area contributed by atoms with Crippen LogP contribution in [0.3, 0.4) is 0 Å². The zero-order valence-electron chi connectivity index (χ0n) is 19.0. The highest BCUT2D eigenvalue weighted by Crippen LogP contribution is 2.39. The summed E-state index contributed by atoms with van der Waals surface area (Å²) in [5, 5.41) is 0. The molecule has 2 aliphatic rings. The maximum absolute atomic E-state index is 13.7. The zero-order valence-corrected chi connectivity index (χ0v) is 19.0. The molecule has 0 atom stereocenters. The van der Waals surface area contributed by atoms with E-state index in [4.69, 9.17) is 9.47 Å². The number of imide groups is 1. The summed E-state index contributed by atoms with van der Waals surface area (Å²) in [6.07, 6.45) is 2.92. The van der Waals surface area contributed by atoms with Crippen LogP contribution in [0.2, 0.25) is 0 Å². The Morgan fingerprint density at radius 2 is 1.66 bits per heavy atom. The summed E-state index contributed by atoms with van der Waals surface area (Å²) < 4.78 is 11.1. The summed E-state index contributed by atoms with van der Waals surface area (Å²) in [5.41, 5.74) is 2.11. The molecule has 0 bridgehead atoms. The normalized spacial score (nSPS) is 17.3. The Labute approximate surface area is 189 Å². The van der Waals surface area contributed by atoms with Gasteiger partial charge in [0.05, 0.1) is 25.0 Å². The number of hydrogen-bond acceptors (Lipinski definition) is 5. The van der Waals surface area contributed by atoms with Gasteiger partial charge in [0.25, 0.3) is 11.8 Å². The van der Waals surface area contributed by atoms with Gasteiger partial charge < -0.3 is 14.4 Å². The fraction of sp³-hybridized carbons (Fsp3) is 0.385. The Balaban J connectivity index is 1.76. The van der Waals surface area contributed by atoms with Gasteiger partial charge in [-0.1, -0.05) is 38.1 Å². The van der Waals surface area contributed by atoms with Crippen LogP contribution >= 0.6 is 0 Å². The zero-order chi connectivity index (χ0) is 22.7. The van der Waals surface area contributed by atoms with Crippen LogP contribution in [0.15, 0.2) is 54.2 Å². The van der Waals surface area contributed by atoms with Crippen molar-refractivity contribution in [1.29, 1.82) is 0 Å². The molecular weight excluding hydrogens is 404 g/mol. The van der Waals surface area contributed by atoms with Crippen LogP contribution in [0.1, 0.15) is 38.7 Å². The van der Waals surface area contributed by atoms with Crippen LogP contribution in [0, 0.1) is 5.92 Å². The highest BCUT2D eigenvalue weighted by molar-refractivity contribution is 6.45.